The Morgan fingerprint density at radius 1 is 1.07 bits per heavy atom. The maximum atomic E-state index is 13.0. The number of nitrogens with zero attached hydrogens (tertiary/aromatic N) is 1. The van der Waals surface area contributed by atoms with E-state index in [0.29, 0.717) is 17.1 Å². The zero-order chi connectivity index (χ0) is 22.0. The number of nitrogens with one attached hydrogen (secondary N) is 1. The van der Waals surface area contributed by atoms with E-state index in [-0.39, 0.29) is 27.4 Å². The zero-order valence-corrected chi connectivity index (χ0v) is 17.9. The minimum absolute atomic E-state index is 0.0215. The normalized spacial score (nSPS) is 15.6. The van der Waals surface area contributed by atoms with E-state index in [1.165, 1.54) is 25.3 Å². The molecule has 1 saturated heterocycles. The van der Waals surface area contributed by atoms with E-state index in [1.54, 1.807) is 24.3 Å². The lowest BCUT2D eigenvalue weighted by Crippen LogP contribution is -2.54. The van der Waals surface area contributed by atoms with Crippen molar-refractivity contribution in [2.75, 3.05) is 12.0 Å². The molecule has 1 aliphatic rings. The Hall–Kier alpha value is -3.03. The van der Waals surface area contributed by atoms with Gasteiger partial charge in [0.25, 0.3) is 11.8 Å². The molecule has 30 heavy (non-hydrogen) atoms. The van der Waals surface area contributed by atoms with E-state index >= 15 is 0 Å². The Morgan fingerprint density at radius 2 is 1.80 bits per heavy atom. The summed E-state index contributed by atoms with van der Waals surface area (Å²) in [7, 11) is 1.49. The lowest BCUT2D eigenvalue weighted by atomic mass is 10.1. The van der Waals surface area contributed by atoms with Crippen molar-refractivity contribution in [3.05, 3.63) is 57.6 Å². The Morgan fingerprint density at radius 3 is 2.47 bits per heavy atom. The van der Waals surface area contributed by atoms with Crippen molar-refractivity contribution >= 4 is 52.8 Å². The fraction of sp³-hybridized carbons (Fsp3) is 0.190. The number of amides is 4. The van der Waals surface area contributed by atoms with E-state index in [9.17, 15) is 14.4 Å². The van der Waals surface area contributed by atoms with Crippen LogP contribution in [0.4, 0.5) is 10.5 Å². The van der Waals surface area contributed by atoms with Gasteiger partial charge in [-0.25, -0.2) is 9.69 Å². The summed E-state index contributed by atoms with van der Waals surface area (Å²) in [4.78, 5) is 38.5. The van der Waals surface area contributed by atoms with Gasteiger partial charge in [0.05, 0.1) is 28.9 Å². The van der Waals surface area contributed by atoms with Gasteiger partial charge in [-0.15, -0.1) is 0 Å². The van der Waals surface area contributed by atoms with Crippen LogP contribution in [-0.2, 0) is 9.59 Å². The van der Waals surface area contributed by atoms with Gasteiger partial charge in [0.2, 0.25) is 0 Å². The van der Waals surface area contributed by atoms with E-state index < -0.39 is 17.8 Å². The van der Waals surface area contributed by atoms with Crippen LogP contribution < -0.4 is 19.7 Å². The third-order valence-electron chi connectivity index (χ3n) is 4.14. The summed E-state index contributed by atoms with van der Waals surface area (Å²) in [6.45, 7) is 3.76. The van der Waals surface area contributed by atoms with Crippen LogP contribution in [0.2, 0.25) is 10.0 Å². The van der Waals surface area contributed by atoms with Gasteiger partial charge in [-0.3, -0.25) is 14.9 Å². The fourth-order valence-electron chi connectivity index (χ4n) is 2.83. The fourth-order valence-corrected chi connectivity index (χ4v) is 3.21. The first-order valence-electron chi connectivity index (χ1n) is 8.93. The summed E-state index contributed by atoms with van der Waals surface area (Å²) in [5.74, 6) is -0.681. The van der Waals surface area contributed by atoms with Crippen molar-refractivity contribution in [1.82, 2.24) is 5.32 Å². The van der Waals surface area contributed by atoms with Crippen LogP contribution in [0.5, 0.6) is 11.5 Å². The van der Waals surface area contributed by atoms with Gasteiger partial charge in [-0.1, -0.05) is 35.3 Å². The van der Waals surface area contributed by atoms with Crippen LogP contribution >= 0.6 is 23.2 Å². The first-order chi connectivity index (χ1) is 14.2. The standard InChI is InChI=1S/C21H18Cl2N2O5/c1-11(2)30-16-8-7-12(10-17(16)29-3)9-13-19(26)24-21(28)25(20(13)27)15-6-4-5-14(22)18(15)23/h4-11H,1-3H3,(H,24,26,28)/b13-9+. The molecule has 0 radical (unpaired) electrons. The maximum absolute atomic E-state index is 13.0. The van der Waals surface area contributed by atoms with Gasteiger partial charge in [0.1, 0.15) is 5.57 Å². The number of ether oxygens (including phenoxy) is 2. The largest absolute Gasteiger partial charge is 0.493 e. The number of hydrogen-bond acceptors (Lipinski definition) is 5. The maximum Gasteiger partial charge on any atom is 0.336 e. The molecule has 1 fully saturated rings. The quantitative estimate of drug-likeness (QED) is 0.539. The Balaban J connectivity index is 2.01. The summed E-state index contributed by atoms with van der Waals surface area (Å²) in [6.07, 6.45) is 1.30. The van der Waals surface area contributed by atoms with Crippen molar-refractivity contribution < 1.29 is 23.9 Å². The second-order valence-corrected chi connectivity index (χ2v) is 7.39. The highest BCUT2D eigenvalue weighted by Crippen LogP contribution is 2.35. The number of barbiturate groups is 1. The van der Waals surface area contributed by atoms with Gasteiger partial charge in [-0.2, -0.15) is 0 Å². The van der Waals surface area contributed by atoms with Gasteiger partial charge >= 0.3 is 6.03 Å². The highest BCUT2D eigenvalue weighted by atomic mass is 35.5. The summed E-state index contributed by atoms with van der Waals surface area (Å²) in [5, 5.41) is 2.33. The van der Waals surface area contributed by atoms with Crippen LogP contribution in [0, 0.1) is 0 Å². The molecule has 156 valence electrons. The number of rotatable bonds is 5. The molecule has 0 saturated carbocycles. The summed E-state index contributed by atoms with van der Waals surface area (Å²) < 4.78 is 11.0. The monoisotopic (exact) mass is 448 g/mol. The van der Waals surface area contributed by atoms with E-state index in [4.69, 9.17) is 32.7 Å². The predicted octanol–water partition coefficient (Wildman–Crippen LogP) is 4.46. The minimum Gasteiger partial charge on any atom is -0.493 e. The van der Waals surface area contributed by atoms with Crippen molar-refractivity contribution in [3.63, 3.8) is 0 Å². The number of methoxy groups -OCH3 is 1. The Kier molecular flexibility index (Phi) is 6.34. The molecule has 0 bridgehead atoms. The molecule has 0 aromatic heterocycles. The molecule has 0 unspecified atom stereocenters. The number of anilines is 1. The number of imide groups is 2. The molecule has 2 aromatic carbocycles. The van der Waals surface area contributed by atoms with E-state index in [0.717, 1.165) is 4.90 Å². The SMILES string of the molecule is COc1cc(/C=C2\C(=O)NC(=O)N(c3cccc(Cl)c3Cl)C2=O)ccc1OC(C)C. The van der Waals surface area contributed by atoms with Crippen molar-refractivity contribution in [2.24, 2.45) is 0 Å². The zero-order valence-electron chi connectivity index (χ0n) is 16.4. The smallest absolute Gasteiger partial charge is 0.336 e. The summed E-state index contributed by atoms with van der Waals surface area (Å²) in [6, 6.07) is 8.58. The second kappa shape index (κ2) is 8.77. The van der Waals surface area contributed by atoms with Crippen molar-refractivity contribution in [2.45, 2.75) is 20.0 Å². The third-order valence-corrected chi connectivity index (χ3v) is 4.94. The van der Waals surface area contributed by atoms with Gasteiger partial charge in [0, 0.05) is 0 Å². The summed E-state index contributed by atoms with van der Waals surface area (Å²) >= 11 is 12.2. The number of urea groups is 1. The second-order valence-electron chi connectivity index (χ2n) is 6.61. The molecule has 7 nitrogen and oxygen atoms in total. The number of halogens is 2. The van der Waals surface area contributed by atoms with Crippen LogP contribution in [0.3, 0.4) is 0 Å². The summed E-state index contributed by atoms with van der Waals surface area (Å²) in [5.41, 5.74) is 0.335. The predicted molar refractivity (Wildman–Crippen MR) is 114 cm³/mol. The lowest BCUT2D eigenvalue weighted by Gasteiger charge is -2.27. The number of hydrogen-bond donors (Lipinski definition) is 1. The molecule has 9 heteroatoms. The topological polar surface area (TPSA) is 84.9 Å². The molecule has 0 spiro atoms. The average Bonchev–Trinajstić information content (AvgIpc) is 2.68. The molecular weight excluding hydrogens is 431 g/mol. The first kappa shape index (κ1) is 21.7. The van der Waals surface area contributed by atoms with Crippen LogP contribution in [-0.4, -0.2) is 31.1 Å². The van der Waals surface area contributed by atoms with Crippen molar-refractivity contribution in [3.8, 4) is 11.5 Å². The van der Waals surface area contributed by atoms with Crippen LogP contribution in [0.25, 0.3) is 6.08 Å². The Bertz CT molecular complexity index is 1070. The van der Waals surface area contributed by atoms with Crippen LogP contribution in [0.1, 0.15) is 19.4 Å². The van der Waals surface area contributed by atoms with Crippen LogP contribution in [0.15, 0.2) is 42.0 Å². The molecule has 3 rings (SSSR count). The van der Waals surface area contributed by atoms with Gasteiger partial charge < -0.3 is 9.47 Å². The molecule has 4 amide bonds. The molecule has 1 heterocycles. The lowest BCUT2D eigenvalue weighted by molar-refractivity contribution is -0.122. The highest BCUT2D eigenvalue weighted by molar-refractivity contribution is 6.46. The van der Waals surface area contributed by atoms with Crippen molar-refractivity contribution in [1.29, 1.82) is 0 Å². The van der Waals surface area contributed by atoms with Gasteiger partial charge in [0.15, 0.2) is 11.5 Å². The molecule has 1 N–H and O–H groups in total. The molecule has 2 aromatic rings. The number of carbonyl (C=O) groups is 3. The molecule has 1 aliphatic heterocycles. The average molecular weight is 449 g/mol. The van der Waals surface area contributed by atoms with Gasteiger partial charge in [-0.05, 0) is 49.8 Å². The molecular formula is C21H18Cl2N2O5. The van der Waals surface area contributed by atoms with E-state index in [2.05, 4.69) is 5.32 Å². The third kappa shape index (κ3) is 4.27. The number of benzene rings is 2. The van der Waals surface area contributed by atoms with E-state index in [1.807, 2.05) is 13.8 Å². The highest BCUT2D eigenvalue weighted by Gasteiger charge is 2.38. The molecule has 0 atom stereocenters. The first-order valence-corrected chi connectivity index (χ1v) is 9.68. The Labute approximate surface area is 183 Å². The number of carbonyl (C=O) groups excluding carboxylic acids is 3. The minimum atomic E-state index is -0.912. The molecule has 0 aliphatic carbocycles.